The van der Waals surface area contributed by atoms with E-state index in [1.165, 1.54) is 49.4 Å². The Morgan fingerprint density at radius 3 is 2.79 bits per heavy atom. The van der Waals surface area contributed by atoms with Crippen LogP contribution in [0.3, 0.4) is 0 Å². The molecule has 1 amide bonds. The lowest BCUT2D eigenvalue weighted by atomic mass is 9.63. The van der Waals surface area contributed by atoms with E-state index in [0.717, 1.165) is 19.5 Å². The zero-order chi connectivity index (χ0) is 16.6. The van der Waals surface area contributed by atoms with Gasteiger partial charge in [0.2, 0.25) is 5.91 Å². The van der Waals surface area contributed by atoms with Gasteiger partial charge in [-0.05, 0) is 50.2 Å². The van der Waals surface area contributed by atoms with E-state index >= 15 is 0 Å². The average Bonchev–Trinajstić information content (AvgIpc) is 2.90. The number of carbonyl (C=O) groups is 1. The van der Waals surface area contributed by atoms with E-state index in [1.54, 1.807) is 11.3 Å². The lowest BCUT2D eigenvalue weighted by Gasteiger charge is -2.43. The molecule has 0 spiro atoms. The van der Waals surface area contributed by atoms with E-state index in [9.17, 15) is 4.79 Å². The molecule has 1 N–H and O–H groups in total. The van der Waals surface area contributed by atoms with Gasteiger partial charge < -0.3 is 9.88 Å². The fourth-order valence-corrected chi connectivity index (χ4v) is 4.73. The predicted molar refractivity (Wildman–Crippen MR) is 98.3 cm³/mol. The monoisotopic (exact) mass is 324 g/mol. The number of carbonyl (C=O) groups excluding carboxylic acids is 1. The van der Waals surface area contributed by atoms with Gasteiger partial charge >= 0.3 is 0 Å². The SMILES string of the molecule is CCCC(=O)NCC1(c2c3n(c4ccccc24)CCCC3)CCC1. The molecule has 128 valence electrons. The van der Waals surface area contributed by atoms with Gasteiger partial charge in [-0.25, -0.2) is 0 Å². The molecule has 3 heteroatoms. The Bertz CT molecular complexity index is 755. The number of hydrogen-bond acceptors (Lipinski definition) is 1. The van der Waals surface area contributed by atoms with Crippen molar-refractivity contribution in [1.29, 1.82) is 0 Å². The molecule has 1 aromatic heterocycles. The van der Waals surface area contributed by atoms with Crippen LogP contribution in [0.1, 0.15) is 63.1 Å². The summed E-state index contributed by atoms with van der Waals surface area (Å²) in [5.74, 6) is 0.209. The van der Waals surface area contributed by atoms with Gasteiger partial charge in [0, 0.05) is 41.5 Å². The second kappa shape index (κ2) is 6.27. The number of hydrogen-bond donors (Lipinski definition) is 1. The van der Waals surface area contributed by atoms with E-state index in [-0.39, 0.29) is 11.3 Å². The van der Waals surface area contributed by atoms with Crippen molar-refractivity contribution in [2.24, 2.45) is 0 Å². The second-order valence-corrected chi connectivity index (χ2v) is 7.61. The van der Waals surface area contributed by atoms with Crippen LogP contribution in [0.2, 0.25) is 0 Å². The van der Waals surface area contributed by atoms with E-state index < -0.39 is 0 Å². The first kappa shape index (κ1) is 15.7. The fraction of sp³-hybridized carbons (Fsp3) is 0.571. The maximum Gasteiger partial charge on any atom is 0.220 e. The molecule has 0 bridgehead atoms. The minimum absolute atomic E-state index is 0.168. The normalized spacial score (nSPS) is 18.9. The van der Waals surface area contributed by atoms with E-state index in [4.69, 9.17) is 0 Å². The number of aryl methyl sites for hydroxylation is 1. The summed E-state index contributed by atoms with van der Waals surface area (Å²) in [7, 11) is 0. The van der Waals surface area contributed by atoms with Crippen LogP contribution >= 0.6 is 0 Å². The van der Waals surface area contributed by atoms with E-state index in [2.05, 4.69) is 41.1 Å². The fourth-order valence-electron chi connectivity index (χ4n) is 4.73. The van der Waals surface area contributed by atoms with Gasteiger partial charge in [0.05, 0.1) is 0 Å². The van der Waals surface area contributed by atoms with Crippen LogP contribution in [-0.2, 0) is 23.2 Å². The zero-order valence-electron chi connectivity index (χ0n) is 14.7. The summed E-state index contributed by atoms with van der Waals surface area (Å²) in [6, 6.07) is 8.89. The maximum atomic E-state index is 12.0. The van der Waals surface area contributed by atoms with Gasteiger partial charge in [-0.3, -0.25) is 4.79 Å². The van der Waals surface area contributed by atoms with Gasteiger partial charge in [0.15, 0.2) is 0 Å². The molecule has 0 saturated heterocycles. The van der Waals surface area contributed by atoms with Gasteiger partial charge in [-0.1, -0.05) is 31.5 Å². The Labute approximate surface area is 144 Å². The molecular formula is C21H28N2O. The number of aromatic nitrogens is 1. The second-order valence-electron chi connectivity index (χ2n) is 7.61. The van der Waals surface area contributed by atoms with Crippen molar-refractivity contribution in [3.8, 4) is 0 Å². The number of amides is 1. The van der Waals surface area contributed by atoms with Crippen LogP contribution in [0.4, 0.5) is 0 Å². The van der Waals surface area contributed by atoms with Gasteiger partial charge in [0.25, 0.3) is 0 Å². The molecule has 1 aliphatic carbocycles. The summed E-state index contributed by atoms with van der Waals surface area (Å²) >= 11 is 0. The Morgan fingerprint density at radius 2 is 2.04 bits per heavy atom. The molecule has 1 saturated carbocycles. The van der Waals surface area contributed by atoms with Crippen LogP contribution in [0.15, 0.2) is 24.3 Å². The van der Waals surface area contributed by atoms with Crippen LogP contribution in [0, 0.1) is 0 Å². The third-order valence-electron chi connectivity index (χ3n) is 6.07. The summed E-state index contributed by atoms with van der Waals surface area (Å²) < 4.78 is 2.56. The number of para-hydroxylation sites is 1. The third-order valence-corrected chi connectivity index (χ3v) is 6.07. The average molecular weight is 324 g/mol. The summed E-state index contributed by atoms with van der Waals surface area (Å²) in [6.07, 6.45) is 9.03. The molecule has 4 rings (SSSR count). The van der Waals surface area contributed by atoms with Crippen molar-refractivity contribution in [3.05, 3.63) is 35.5 Å². The van der Waals surface area contributed by atoms with Gasteiger partial charge in [-0.15, -0.1) is 0 Å². The van der Waals surface area contributed by atoms with E-state index in [0.29, 0.717) is 6.42 Å². The maximum absolute atomic E-state index is 12.0. The highest BCUT2D eigenvalue weighted by Crippen LogP contribution is 2.49. The molecule has 1 fully saturated rings. The summed E-state index contributed by atoms with van der Waals surface area (Å²) in [4.78, 5) is 12.0. The smallest absolute Gasteiger partial charge is 0.220 e. The highest BCUT2D eigenvalue weighted by molar-refractivity contribution is 5.87. The Morgan fingerprint density at radius 1 is 1.21 bits per heavy atom. The number of nitrogens with zero attached hydrogens (tertiary/aromatic N) is 1. The number of benzene rings is 1. The number of rotatable bonds is 5. The quantitative estimate of drug-likeness (QED) is 0.873. The molecule has 2 aliphatic rings. The van der Waals surface area contributed by atoms with Crippen LogP contribution in [0.25, 0.3) is 10.9 Å². The Balaban J connectivity index is 1.75. The third kappa shape index (κ3) is 2.45. The molecule has 0 unspecified atom stereocenters. The molecule has 24 heavy (non-hydrogen) atoms. The number of fused-ring (bicyclic) bond motifs is 3. The van der Waals surface area contributed by atoms with Crippen LogP contribution in [-0.4, -0.2) is 17.0 Å². The van der Waals surface area contributed by atoms with Crippen molar-refractivity contribution < 1.29 is 4.79 Å². The van der Waals surface area contributed by atoms with E-state index in [1.807, 2.05) is 0 Å². The highest BCUT2D eigenvalue weighted by Gasteiger charge is 2.43. The molecular weight excluding hydrogens is 296 g/mol. The lowest BCUT2D eigenvalue weighted by molar-refractivity contribution is -0.121. The summed E-state index contributed by atoms with van der Waals surface area (Å²) in [5.41, 5.74) is 4.67. The predicted octanol–water partition coefficient (Wildman–Crippen LogP) is 4.32. The van der Waals surface area contributed by atoms with Gasteiger partial charge in [0.1, 0.15) is 0 Å². The molecule has 0 radical (unpaired) electrons. The molecule has 2 heterocycles. The Hall–Kier alpha value is -1.77. The minimum atomic E-state index is 0.168. The summed E-state index contributed by atoms with van der Waals surface area (Å²) in [5, 5.41) is 4.67. The molecule has 1 aliphatic heterocycles. The first-order chi connectivity index (χ1) is 11.7. The largest absolute Gasteiger partial charge is 0.355 e. The van der Waals surface area contributed by atoms with Crippen LogP contribution < -0.4 is 5.32 Å². The lowest BCUT2D eigenvalue weighted by Crippen LogP contribution is -2.46. The molecule has 2 aromatic rings. The first-order valence-corrected chi connectivity index (χ1v) is 9.62. The topological polar surface area (TPSA) is 34.0 Å². The molecule has 1 aromatic carbocycles. The minimum Gasteiger partial charge on any atom is -0.355 e. The standard InChI is InChI=1S/C21H28N2O/c1-2-8-19(24)22-15-21(12-7-13-21)20-16-9-3-4-10-17(16)23-14-6-5-11-18(20)23/h3-4,9-10H,2,5-8,11-15H2,1H3,(H,22,24). The van der Waals surface area contributed by atoms with Crippen molar-refractivity contribution in [2.75, 3.05) is 6.54 Å². The van der Waals surface area contributed by atoms with Crippen molar-refractivity contribution >= 4 is 16.8 Å². The number of nitrogens with one attached hydrogen (secondary N) is 1. The summed E-state index contributed by atoms with van der Waals surface area (Å²) in [6.45, 7) is 4.03. The zero-order valence-corrected chi connectivity index (χ0v) is 14.7. The Kier molecular flexibility index (Phi) is 4.11. The van der Waals surface area contributed by atoms with Crippen molar-refractivity contribution in [1.82, 2.24) is 9.88 Å². The first-order valence-electron chi connectivity index (χ1n) is 9.62. The highest BCUT2D eigenvalue weighted by atomic mass is 16.1. The van der Waals surface area contributed by atoms with Crippen molar-refractivity contribution in [3.63, 3.8) is 0 Å². The van der Waals surface area contributed by atoms with Crippen molar-refractivity contribution in [2.45, 2.75) is 70.3 Å². The molecule has 0 atom stereocenters. The molecule has 3 nitrogen and oxygen atoms in total. The van der Waals surface area contributed by atoms with Crippen LogP contribution in [0.5, 0.6) is 0 Å². The van der Waals surface area contributed by atoms with Gasteiger partial charge in [-0.2, -0.15) is 0 Å².